The number of hydrogen-bond donors (Lipinski definition) is 0. The molecule has 2 aromatic rings. The van der Waals surface area contributed by atoms with E-state index in [-0.39, 0.29) is 21.4 Å². The fraction of sp³-hybridized carbons (Fsp3) is 0.0909. The molecule has 0 saturated heterocycles. The lowest BCUT2D eigenvalue weighted by atomic mass is 10.3. The molecule has 0 unspecified atom stereocenters. The minimum Gasteiger partial charge on any atom is -0.219 e. The van der Waals surface area contributed by atoms with Crippen LogP contribution in [0.3, 0.4) is 0 Å². The van der Waals surface area contributed by atoms with E-state index in [0.717, 1.165) is 4.68 Å². The molecule has 0 aliphatic heterocycles. The van der Waals surface area contributed by atoms with Crippen LogP contribution >= 0.6 is 34.8 Å². The first-order valence-electron chi connectivity index (χ1n) is 4.87. The number of alkyl halides is 2. The lowest BCUT2D eigenvalue weighted by Crippen LogP contribution is -1.98. The molecule has 0 aliphatic rings. The first-order valence-corrected chi connectivity index (χ1v) is 6.01. The molecule has 0 spiro atoms. The summed E-state index contributed by atoms with van der Waals surface area (Å²) in [6.45, 7) is 0. The van der Waals surface area contributed by atoms with Crippen LogP contribution < -0.4 is 0 Å². The van der Waals surface area contributed by atoms with Crippen molar-refractivity contribution in [1.82, 2.24) is 9.78 Å². The Hall–Kier alpha value is -1.35. The number of halogens is 5. The maximum absolute atomic E-state index is 12.7. The predicted molar refractivity (Wildman–Crippen MR) is 68.3 cm³/mol. The lowest BCUT2D eigenvalue weighted by Gasteiger charge is -2.05. The van der Waals surface area contributed by atoms with E-state index in [2.05, 4.69) is 5.10 Å². The minimum atomic E-state index is -2.90. The summed E-state index contributed by atoms with van der Waals surface area (Å²) in [6, 6.07) is 6.00. The molecular weight excluding hydrogens is 318 g/mol. The summed E-state index contributed by atoms with van der Waals surface area (Å²) in [4.78, 5) is 0. The molecule has 1 aromatic carbocycles. The summed E-state index contributed by atoms with van der Waals surface area (Å²) in [7, 11) is 0. The van der Waals surface area contributed by atoms with E-state index in [1.54, 1.807) is 6.07 Å². The zero-order chi connectivity index (χ0) is 14.2. The van der Waals surface area contributed by atoms with E-state index in [1.807, 2.05) is 0 Å². The Balaban J connectivity index is 2.67. The Bertz CT molecular complexity index is 677. The number of aromatic nitrogens is 2. The van der Waals surface area contributed by atoms with Gasteiger partial charge in [0.05, 0.1) is 10.7 Å². The predicted octanol–water partition coefficient (Wildman–Crippen LogP) is 4.64. The monoisotopic (exact) mass is 321 g/mol. The molecular formula is C11H4Cl3F2N3. The van der Waals surface area contributed by atoms with Crippen molar-refractivity contribution in [1.29, 1.82) is 5.26 Å². The van der Waals surface area contributed by atoms with Crippen LogP contribution in [0.4, 0.5) is 8.78 Å². The zero-order valence-corrected chi connectivity index (χ0v) is 11.3. The van der Waals surface area contributed by atoms with Gasteiger partial charge in [0, 0.05) is 5.02 Å². The highest BCUT2D eigenvalue weighted by atomic mass is 35.5. The van der Waals surface area contributed by atoms with Crippen LogP contribution in [0.5, 0.6) is 0 Å². The second kappa shape index (κ2) is 5.33. The van der Waals surface area contributed by atoms with Crippen LogP contribution in [0.25, 0.3) is 5.69 Å². The lowest BCUT2D eigenvalue weighted by molar-refractivity contribution is 0.145. The van der Waals surface area contributed by atoms with Gasteiger partial charge >= 0.3 is 0 Å². The molecule has 1 aromatic heterocycles. The highest BCUT2D eigenvalue weighted by Crippen LogP contribution is 2.32. The van der Waals surface area contributed by atoms with Crippen LogP contribution in [0.15, 0.2) is 18.2 Å². The Morgan fingerprint density at radius 1 is 1.26 bits per heavy atom. The molecule has 98 valence electrons. The number of hydrogen-bond acceptors (Lipinski definition) is 2. The quantitative estimate of drug-likeness (QED) is 0.808. The smallest absolute Gasteiger partial charge is 0.219 e. The Morgan fingerprint density at radius 2 is 1.95 bits per heavy atom. The SMILES string of the molecule is N#Cc1c(C(F)F)nn(-c2ccc(Cl)cc2Cl)c1Cl. The highest BCUT2D eigenvalue weighted by Gasteiger charge is 2.24. The van der Waals surface area contributed by atoms with Crippen molar-refractivity contribution < 1.29 is 8.78 Å². The summed E-state index contributed by atoms with van der Waals surface area (Å²) >= 11 is 17.6. The minimum absolute atomic E-state index is 0.183. The van der Waals surface area contributed by atoms with Crippen LogP contribution in [0.2, 0.25) is 15.2 Å². The van der Waals surface area contributed by atoms with Crippen molar-refractivity contribution in [2.24, 2.45) is 0 Å². The van der Waals surface area contributed by atoms with Gasteiger partial charge in [-0.1, -0.05) is 34.8 Å². The van der Waals surface area contributed by atoms with Crippen LogP contribution in [0, 0.1) is 11.3 Å². The van der Waals surface area contributed by atoms with Gasteiger partial charge in [-0.2, -0.15) is 10.4 Å². The molecule has 0 aliphatic carbocycles. The third-order valence-electron chi connectivity index (χ3n) is 2.31. The molecule has 8 heteroatoms. The van der Waals surface area contributed by atoms with Crippen molar-refractivity contribution in [3.8, 4) is 11.8 Å². The van der Waals surface area contributed by atoms with Crippen molar-refractivity contribution in [3.05, 3.63) is 44.7 Å². The average Bonchev–Trinajstić information content (AvgIpc) is 2.66. The summed E-state index contributed by atoms with van der Waals surface area (Å²) in [5.41, 5.74) is -0.791. The maximum Gasteiger partial charge on any atom is 0.283 e. The van der Waals surface area contributed by atoms with E-state index in [9.17, 15) is 8.78 Å². The van der Waals surface area contributed by atoms with Crippen molar-refractivity contribution in [3.63, 3.8) is 0 Å². The first-order chi connectivity index (χ1) is 8.95. The number of benzene rings is 1. The van der Waals surface area contributed by atoms with Crippen LogP contribution in [-0.2, 0) is 0 Å². The molecule has 0 atom stereocenters. The summed E-state index contributed by atoms with van der Waals surface area (Å²) in [6.07, 6.45) is -2.90. The van der Waals surface area contributed by atoms with E-state index in [0.29, 0.717) is 5.02 Å². The third kappa shape index (κ3) is 2.52. The normalized spacial score (nSPS) is 10.8. The maximum atomic E-state index is 12.7. The van der Waals surface area contributed by atoms with E-state index in [4.69, 9.17) is 40.1 Å². The molecule has 0 fully saturated rings. The zero-order valence-electron chi connectivity index (χ0n) is 9.04. The summed E-state index contributed by atoms with van der Waals surface area (Å²) in [5.74, 6) is 0. The van der Waals surface area contributed by atoms with Gasteiger partial charge in [-0.25, -0.2) is 13.5 Å². The van der Waals surface area contributed by atoms with Gasteiger partial charge in [0.15, 0.2) is 5.15 Å². The van der Waals surface area contributed by atoms with Gasteiger partial charge in [0.25, 0.3) is 6.43 Å². The van der Waals surface area contributed by atoms with Gasteiger partial charge < -0.3 is 0 Å². The number of nitrogens with zero attached hydrogens (tertiary/aromatic N) is 3. The summed E-state index contributed by atoms with van der Waals surface area (Å²) in [5, 5.41) is 12.8. The molecule has 19 heavy (non-hydrogen) atoms. The molecule has 0 radical (unpaired) electrons. The Morgan fingerprint density at radius 3 is 2.42 bits per heavy atom. The third-order valence-corrected chi connectivity index (χ3v) is 3.20. The van der Waals surface area contributed by atoms with Crippen molar-refractivity contribution in [2.75, 3.05) is 0 Å². The van der Waals surface area contributed by atoms with E-state index < -0.39 is 12.1 Å². The van der Waals surface area contributed by atoms with Crippen LogP contribution in [0.1, 0.15) is 17.7 Å². The second-order valence-corrected chi connectivity index (χ2v) is 4.67. The fourth-order valence-electron chi connectivity index (χ4n) is 1.48. The van der Waals surface area contributed by atoms with Gasteiger partial charge in [-0.3, -0.25) is 0 Å². The molecule has 1 heterocycles. The topological polar surface area (TPSA) is 41.6 Å². The molecule has 0 saturated carbocycles. The number of rotatable bonds is 2. The van der Waals surface area contributed by atoms with Crippen molar-refractivity contribution >= 4 is 34.8 Å². The standard InChI is InChI=1S/C11H4Cl3F2N3/c12-5-1-2-8(7(13)3-5)19-10(14)6(4-17)9(18-19)11(15)16/h1-3,11H. The molecule has 0 bridgehead atoms. The van der Waals surface area contributed by atoms with Gasteiger partial charge in [-0.15, -0.1) is 0 Å². The molecule has 0 amide bonds. The highest BCUT2D eigenvalue weighted by molar-refractivity contribution is 6.36. The molecule has 0 N–H and O–H groups in total. The first kappa shape index (κ1) is 14.1. The molecule has 3 nitrogen and oxygen atoms in total. The Labute approximate surface area is 121 Å². The van der Waals surface area contributed by atoms with Crippen LogP contribution in [-0.4, -0.2) is 9.78 Å². The van der Waals surface area contributed by atoms with Gasteiger partial charge in [-0.05, 0) is 18.2 Å². The van der Waals surface area contributed by atoms with Crippen molar-refractivity contribution in [2.45, 2.75) is 6.43 Å². The van der Waals surface area contributed by atoms with E-state index >= 15 is 0 Å². The van der Waals surface area contributed by atoms with Gasteiger partial charge in [0.1, 0.15) is 17.3 Å². The largest absolute Gasteiger partial charge is 0.283 e. The second-order valence-electron chi connectivity index (χ2n) is 3.47. The Kier molecular flexibility index (Phi) is 3.95. The summed E-state index contributed by atoms with van der Waals surface area (Å²) < 4.78 is 26.5. The number of nitriles is 1. The molecule has 2 rings (SSSR count). The van der Waals surface area contributed by atoms with Gasteiger partial charge in [0.2, 0.25) is 0 Å². The van der Waals surface area contributed by atoms with E-state index in [1.165, 1.54) is 18.2 Å². The average molecular weight is 323 g/mol. The fourth-order valence-corrected chi connectivity index (χ4v) is 2.24.